The van der Waals surface area contributed by atoms with E-state index >= 15 is 0 Å². The monoisotopic (exact) mass is 736 g/mol. The zero-order valence-corrected chi connectivity index (χ0v) is 27.6. The number of hydrogen-bond acceptors (Lipinski definition) is 5. The third-order valence-electron chi connectivity index (χ3n) is 8.72. The lowest BCUT2D eigenvalue weighted by molar-refractivity contribution is -0.156. The SMILES string of the molecule is CC(C)c1cc2c(cc1Br)[C@@]1(C)CCC[C@@](C)(C(=O)O)[C@@H]1C/C2=N\OCCNS(=O)(=O)c1ccc(Br)c(C(F)(F)F)c1. The number of carboxylic acid groups (broad SMARTS) is 1. The number of benzene rings is 2. The average Bonchev–Trinajstić information content (AvgIpc) is 2.88. The summed E-state index contributed by atoms with van der Waals surface area (Å²) < 4.78 is 68.0. The molecule has 0 saturated heterocycles. The second-order valence-electron chi connectivity index (χ2n) is 11.7. The van der Waals surface area contributed by atoms with E-state index in [0.29, 0.717) is 24.6 Å². The fourth-order valence-electron chi connectivity index (χ4n) is 6.35. The van der Waals surface area contributed by atoms with Crippen LogP contribution < -0.4 is 4.72 Å². The van der Waals surface area contributed by atoms with E-state index in [1.807, 2.05) is 0 Å². The summed E-state index contributed by atoms with van der Waals surface area (Å²) >= 11 is 6.51. The summed E-state index contributed by atoms with van der Waals surface area (Å²) in [5.74, 6) is -0.892. The molecule has 0 bridgehead atoms. The van der Waals surface area contributed by atoms with Crippen LogP contribution >= 0.6 is 31.9 Å². The molecule has 1 fully saturated rings. The Morgan fingerprint density at radius 3 is 2.48 bits per heavy atom. The van der Waals surface area contributed by atoms with Crippen LogP contribution in [0.15, 0.2) is 49.3 Å². The zero-order chi connectivity index (χ0) is 31.3. The highest BCUT2D eigenvalue weighted by Crippen LogP contribution is 2.58. The highest BCUT2D eigenvalue weighted by atomic mass is 79.9. The second-order valence-corrected chi connectivity index (χ2v) is 15.2. The van der Waals surface area contributed by atoms with Crippen molar-refractivity contribution in [1.82, 2.24) is 4.72 Å². The van der Waals surface area contributed by atoms with Gasteiger partial charge >= 0.3 is 12.1 Å². The Morgan fingerprint density at radius 2 is 1.86 bits per heavy atom. The van der Waals surface area contributed by atoms with Gasteiger partial charge in [0.05, 0.1) is 21.6 Å². The van der Waals surface area contributed by atoms with Gasteiger partial charge in [0.2, 0.25) is 10.0 Å². The number of nitrogens with one attached hydrogen (secondary N) is 1. The maximum Gasteiger partial charge on any atom is 0.417 e. The number of aliphatic carboxylic acids is 1. The Kier molecular flexibility index (Phi) is 9.30. The number of halogens is 5. The van der Waals surface area contributed by atoms with Crippen molar-refractivity contribution in [3.63, 3.8) is 0 Å². The largest absolute Gasteiger partial charge is 0.481 e. The fraction of sp³-hybridized carbons (Fsp3) is 0.517. The van der Waals surface area contributed by atoms with Gasteiger partial charge in [-0.15, -0.1) is 0 Å². The number of carbonyl (C=O) groups is 1. The number of oxime groups is 1. The summed E-state index contributed by atoms with van der Waals surface area (Å²) in [7, 11) is -4.25. The van der Waals surface area contributed by atoms with Crippen LogP contribution in [0, 0.1) is 11.3 Å². The summed E-state index contributed by atoms with van der Waals surface area (Å²) in [6, 6.07) is 6.81. The minimum Gasteiger partial charge on any atom is -0.481 e. The highest BCUT2D eigenvalue weighted by molar-refractivity contribution is 9.10. The van der Waals surface area contributed by atoms with Crippen LogP contribution in [0.2, 0.25) is 0 Å². The van der Waals surface area contributed by atoms with Gasteiger partial charge in [-0.3, -0.25) is 4.79 Å². The van der Waals surface area contributed by atoms with E-state index in [1.165, 1.54) is 0 Å². The lowest BCUT2D eigenvalue weighted by Gasteiger charge is -2.53. The fourth-order valence-corrected chi connectivity index (χ4v) is 8.67. The summed E-state index contributed by atoms with van der Waals surface area (Å²) in [4.78, 5) is 17.5. The molecule has 2 N–H and O–H groups in total. The molecule has 0 spiro atoms. The van der Waals surface area contributed by atoms with Gasteiger partial charge in [-0.2, -0.15) is 13.2 Å². The first kappa shape index (κ1) is 32.9. The van der Waals surface area contributed by atoms with Crippen LogP contribution in [0.3, 0.4) is 0 Å². The van der Waals surface area contributed by atoms with Crippen LogP contribution in [0.25, 0.3) is 0 Å². The number of nitrogens with zero attached hydrogens (tertiary/aromatic N) is 1. The molecule has 0 radical (unpaired) electrons. The number of rotatable bonds is 8. The molecule has 2 aromatic rings. The Balaban J connectivity index is 1.59. The van der Waals surface area contributed by atoms with E-state index in [4.69, 9.17) is 4.84 Å². The standard InChI is InChI=1S/C29H33Br2F3N2O5S/c1-16(2)18-13-19-20(14-23(18)31)27(3)8-5-9-28(4,26(37)38)25(27)15-24(19)36-41-11-10-35-42(39,40)17-6-7-22(30)21(12-17)29(32,33)34/h6-7,12-14,16,25,35H,5,8-11,15H2,1-4H3,(H,37,38)/b36-24+/t25-,27-,28-/m1/s1. The van der Waals surface area contributed by atoms with Gasteiger partial charge < -0.3 is 9.94 Å². The van der Waals surface area contributed by atoms with E-state index in [0.717, 1.165) is 46.1 Å². The molecule has 0 unspecified atom stereocenters. The number of carboxylic acids is 1. The van der Waals surface area contributed by atoms with Gasteiger partial charge in [0.15, 0.2) is 0 Å². The van der Waals surface area contributed by atoms with Crippen LogP contribution in [0.1, 0.15) is 81.5 Å². The first-order valence-electron chi connectivity index (χ1n) is 13.5. The van der Waals surface area contributed by atoms with Crippen molar-refractivity contribution in [2.24, 2.45) is 16.5 Å². The van der Waals surface area contributed by atoms with Gasteiger partial charge in [0, 0.05) is 21.1 Å². The minimum atomic E-state index is -4.73. The highest BCUT2D eigenvalue weighted by Gasteiger charge is 2.56. The van der Waals surface area contributed by atoms with Gasteiger partial charge in [-0.1, -0.05) is 64.2 Å². The van der Waals surface area contributed by atoms with Crippen LogP contribution in [-0.4, -0.2) is 38.4 Å². The van der Waals surface area contributed by atoms with E-state index < -0.39 is 43.5 Å². The van der Waals surface area contributed by atoms with Gasteiger partial charge in [0.25, 0.3) is 0 Å². The number of fused-ring (bicyclic) bond motifs is 3. The Hall–Kier alpha value is -1.96. The quantitative estimate of drug-likeness (QED) is 0.215. The maximum absolute atomic E-state index is 13.2. The zero-order valence-electron chi connectivity index (χ0n) is 23.6. The summed E-state index contributed by atoms with van der Waals surface area (Å²) in [5.41, 5.74) is 1.07. The Labute approximate surface area is 260 Å². The molecule has 1 saturated carbocycles. The minimum absolute atomic E-state index is 0.188. The van der Waals surface area contributed by atoms with Crippen molar-refractivity contribution in [1.29, 1.82) is 0 Å². The average molecular weight is 738 g/mol. The Bertz CT molecular complexity index is 1530. The first-order valence-corrected chi connectivity index (χ1v) is 16.6. The summed E-state index contributed by atoms with van der Waals surface area (Å²) in [5, 5.41) is 14.6. The van der Waals surface area contributed by atoms with Crippen molar-refractivity contribution >= 4 is 53.6 Å². The molecule has 13 heteroatoms. The summed E-state index contributed by atoms with van der Waals surface area (Å²) in [6.45, 7) is 7.63. The van der Waals surface area contributed by atoms with Crippen molar-refractivity contribution in [3.8, 4) is 0 Å². The molecular formula is C29H33Br2F3N2O5S. The lowest BCUT2D eigenvalue weighted by Crippen LogP contribution is -2.53. The molecule has 3 atom stereocenters. The predicted octanol–water partition coefficient (Wildman–Crippen LogP) is 7.61. The van der Waals surface area contributed by atoms with E-state index in [9.17, 15) is 31.5 Å². The molecule has 42 heavy (non-hydrogen) atoms. The molecule has 2 aliphatic rings. The van der Waals surface area contributed by atoms with Gasteiger partial charge in [0.1, 0.15) is 6.61 Å². The van der Waals surface area contributed by atoms with Crippen LogP contribution in [0.4, 0.5) is 13.2 Å². The Morgan fingerprint density at radius 1 is 1.17 bits per heavy atom. The molecule has 2 aliphatic carbocycles. The smallest absolute Gasteiger partial charge is 0.417 e. The predicted molar refractivity (Wildman–Crippen MR) is 160 cm³/mol. The second kappa shape index (κ2) is 11.9. The number of sulfonamides is 1. The lowest BCUT2D eigenvalue weighted by atomic mass is 9.49. The maximum atomic E-state index is 13.2. The van der Waals surface area contributed by atoms with Crippen molar-refractivity contribution in [2.45, 2.75) is 75.8 Å². The van der Waals surface area contributed by atoms with Gasteiger partial charge in [-0.05, 0) is 84.9 Å². The topological polar surface area (TPSA) is 105 Å². The third-order valence-corrected chi connectivity index (χ3v) is 11.6. The van der Waals surface area contributed by atoms with Crippen molar-refractivity contribution < 1.29 is 36.3 Å². The molecule has 0 amide bonds. The van der Waals surface area contributed by atoms with Gasteiger partial charge in [-0.25, -0.2) is 13.1 Å². The third kappa shape index (κ3) is 6.16. The van der Waals surface area contributed by atoms with Crippen molar-refractivity contribution in [3.05, 3.63) is 61.5 Å². The molecular weight excluding hydrogens is 705 g/mol. The van der Waals surface area contributed by atoms with E-state index in [-0.39, 0.29) is 29.5 Å². The van der Waals surface area contributed by atoms with Crippen LogP contribution in [0.5, 0.6) is 0 Å². The molecule has 4 rings (SSSR count). The molecule has 0 aromatic heterocycles. The molecule has 230 valence electrons. The number of alkyl halides is 3. The molecule has 2 aromatic carbocycles. The molecule has 0 heterocycles. The first-order chi connectivity index (χ1) is 19.4. The molecule has 0 aliphatic heterocycles. The molecule has 7 nitrogen and oxygen atoms in total. The normalized spacial score (nSPS) is 25.3. The number of hydrogen-bond donors (Lipinski definition) is 2. The van der Waals surface area contributed by atoms with E-state index in [2.05, 4.69) is 74.6 Å². The summed E-state index contributed by atoms with van der Waals surface area (Å²) in [6.07, 6.45) is -2.19. The van der Waals surface area contributed by atoms with E-state index in [1.54, 1.807) is 6.92 Å². The van der Waals surface area contributed by atoms with Crippen molar-refractivity contribution in [2.75, 3.05) is 13.2 Å². The van der Waals surface area contributed by atoms with Crippen LogP contribution in [-0.2, 0) is 31.2 Å².